The molecule has 1 saturated heterocycles. The fourth-order valence-electron chi connectivity index (χ4n) is 4.02. The molecule has 0 radical (unpaired) electrons. The van der Waals surface area contributed by atoms with Gasteiger partial charge in [-0.3, -0.25) is 4.90 Å². The third-order valence-corrected chi connectivity index (χ3v) is 5.27. The second-order valence-electron chi connectivity index (χ2n) is 8.74. The van der Waals surface area contributed by atoms with E-state index < -0.39 is 0 Å². The molecule has 0 spiro atoms. The molecule has 27 heavy (non-hydrogen) atoms. The van der Waals surface area contributed by atoms with Crippen molar-refractivity contribution >= 4 is 0 Å². The van der Waals surface area contributed by atoms with Crippen molar-refractivity contribution in [2.45, 2.75) is 77.0 Å². The van der Waals surface area contributed by atoms with Crippen LogP contribution in [-0.4, -0.2) is 43.9 Å². The monoisotopic (exact) mass is 379 g/mol. The quantitative estimate of drug-likeness (QED) is 0.748. The van der Waals surface area contributed by atoms with E-state index in [0.717, 1.165) is 37.1 Å². The summed E-state index contributed by atoms with van der Waals surface area (Å²) in [6.07, 6.45) is 7.41. The zero-order valence-corrected chi connectivity index (χ0v) is 17.4. The number of ether oxygens (including phenoxy) is 3. The number of nitrogens with zero attached hydrogens (tertiary/aromatic N) is 1. The Morgan fingerprint density at radius 1 is 1.07 bits per heavy atom. The Hall–Kier alpha value is -1.33. The minimum absolute atomic E-state index is 0.131. The van der Waals surface area contributed by atoms with Crippen molar-refractivity contribution in [3.8, 4) is 11.5 Å². The molecule has 0 N–H and O–H groups in total. The summed E-state index contributed by atoms with van der Waals surface area (Å²) in [6, 6.07) is 2.20. The highest BCUT2D eigenvalue weighted by atomic mass is 19.1. The van der Waals surface area contributed by atoms with Crippen LogP contribution in [0.3, 0.4) is 0 Å². The molecule has 2 atom stereocenters. The summed E-state index contributed by atoms with van der Waals surface area (Å²) >= 11 is 0. The predicted molar refractivity (Wildman–Crippen MR) is 105 cm³/mol. The summed E-state index contributed by atoms with van der Waals surface area (Å²) in [6.45, 7) is 8.04. The summed E-state index contributed by atoms with van der Waals surface area (Å²) in [4.78, 5) is 2.42. The maximum Gasteiger partial charge on any atom is 0.197 e. The van der Waals surface area contributed by atoms with Crippen molar-refractivity contribution < 1.29 is 18.6 Å². The second-order valence-corrected chi connectivity index (χ2v) is 8.74. The molecule has 0 aromatic heterocycles. The second kappa shape index (κ2) is 8.36. The summed E-state index contributed by atoms with van der Waals surface area (Å²) in [5.41, 5.74) is 1.70. The Morgan fingerprint density at radius 2 is 1.78 bits per heavy atom. The number of hydrogen-bond donors (Lipinski definition) is 0. The number of methoxy groups -OCH3 is 2. The van der Waals surface area contributed by atoms with Crippen molar-refractivity contribution in [2.75, 3.05) is 27.3 Å². The lowest BCUT2D eigenvalue weighted by molar-refractivity contribution is -0.0972. The van der Waals surface area contributed by atoms with Gasteiger partial charge in [0, 0.05) is 19.1 Å². The Balaban J connectivity index is 0.000000637. The molecule has 4 rings (SSSR count). The number of fused-ring (bicyclic) bond motifs is 3. The molecule has 1 saturated carbocycles. The number of hydrogen-bond acceptors (Lipinski definition) is 4. The number of piperidine rings is 1. The van der Waals surface area contributed by atoms with Crippen LogP contribution in [0.1, 0.15) is 70.0 Å². The summed E-state index contributed by atoms with van der Waals surface area (Å²) in [5.74, 6) is 0.428. The predicted octanol–water partition coefficient (Wildman–Crippen LogP) is 4.89. The summed E-state index contributed by atoms with van der Waals surface area (Å²) in [7, 11) is 3.04. The van der Waals surface area contributed by atoms with E-state index in [1.54, 1.807) is 7.11 Å². The van der Waals surface area contributed by atoms with Crippen molar-refractivity contribution in [1.82, 2.24) is 4.90 Å². The third kappa shape index (κ3) is 4.94. The third-order valence-electron chi connectivity index (χ3n) is 5.27. The fourth-order valence-corrected chi connectivity index (χ4v) is 4.02. The van der Waals surface area contributed by atoms with Crippen molar-refractivity contribution in [3.63, 3.8) is 0 Å². The Morgan fingerprint density at radius 3 is 2.33 bits per heavy atom. The van der Waals surface area contributed by atoms with Gasteiger partial charge < -0.3 is 14.2 Å². The molecular formula is C22H34FNO3. The van der Waals surface area contributed by atoms with Crippen molar-refractivity contribution in [1.29, 1.82) is 0 Å². The number of benzene rings is 1. The first-order valence-electron chi connectivity index (χ1n) is 10.2. The van der Waals surface area contributed by atoms with Gasteiger partial charge in [0.25, 0.3) is 0 Å². The highest BCUT2D eigenvalue weighted by Gasteiger charge is 2.37. The van der Waals surface area contributed by atoms with E-state index in [4.69, 9.17) is 14.2 Å². The smallest absolute Gasteiger partial charge is 0.197 e. The van der Waals surface area contributed by atoms with Crippen molar-refractivity contribution in [3.05, 3.63) is 23.0 Å². The molecule has 152 valence electrons. The minimum atomic E-state index is -0.264. The van der Waals surface area contributed by atoms with Gasteiger partial charge in [-0.1, -0.05) is 19.3 Å². The average molecular weight is 380 g/mol. The lowest BCUT2D eigenvalue weighted by Gasteiger charge is -2.45. The summed E-state index contributed by atoms with van der Waals surface area (Å²) < 4.78 is 31.5. The normalized spacial score (nSPS) is 24.2. The van der Waals surface area contributed by atoms with Crippen LogP contribution in [0.4, 0.5) is 4.39 Å². The molecular weight excluding hydrogens is 345 g/mol. The molecule has 0 amide bonds. The fraction of sp³-hybridized carbons (Fsp3) is 0.727. The minimum Gasteiger partial charge on any atom is -0.493 e. The Bertz CT molecular complexity index is 651. The standard InChI is InChI=1S/C19H28FNO3.C3H6/c1-19(2,3)24-12-6-7-15-14-10-16(22-4)18(23-5)17(20)13(14)8-9-21(15)11-12;1-2-3-1/h10,12,15H,6-9,11H2,1-5H3;1-3H2. The number of rotatable bonds is 3. The molecule has 2 heterocycles. The van der Waals surface area contributed by atoms with E-state index in [2.05, 4.69) is 25.7 Å². The van der Waals surface area contributed by atoms with E-state index in [1.165, 1.54) is 26.4 Å². The molecule has 0 bridgehead atoms. The molecule has 1 aromatic carbocycles. The average Bonchev–Trinajstić information content (AvgIpc) is 3.48. The van der Waals surface area contributed by atoms with Gasteiger partial charge in [-0.25, -0.2) is 4.39 Å². The van der Waals surface area contributed by atoms with Gasteiger partial charge in [0.05, 0.1) is 25.9 Å². The van der Waals surface area contributed by atoms with Gasteiger partial charge >= 0.3 is 0 Å². The first kappa shape index (κ1) is 20.4. The highest BCUT2D eigenvalue weighted by Crippen LogP contribution is 2.44. The molecule has 3 aliphatic rings. The van der Waals surface area contributed by atoms with E-state index in [-0.39, 0.29) is 29.3 Å². The van der Waals surface area contributed by atoms with Crippen LogP contribution < -0.4 is 9.47 Å². The SMILES string of the molecule is C1CC1.COc1cc2c(c(F)c1OC)CCN1CC(OC(C)(C)C)CCC21. The first-order chi connectivity index (χ1) is 12.8. The van der Waals surface area contributed by atoms with Crippen molar-refractivity contribution in [2.24, 2.45) is 0 Å². The molecule has 5 heteroatoms. The largest absolute Gasteiger partial charge is 0.493 e. The molecule has 2 unspecified atom stereocenters. The maximum atomic E-state index is 14.8. The van der Waals surface area contributed by atoms with E-state index in [0.29, 0.717) is 12.2 Å². The molecule has 1 aliphatic carbocycles. The van der Waals surface area contributed by atoms with E-state index in [1.807, 2.05) is 6.07 Å². The van der Waals surface area contributed by atoms with Gasteiger partial charge in [-0.2, -0.15) is 0 Å². The first-order valence-corrected chi connectivity index (χ1v) is 10.2. The van der Waals surface area contributed by atoms with Gasteiger partial charge in [-0.05, 0) is 57.2 Å². The summed E-state index contributed by atoms with van der Waals surface area (Å²) in [5, 5.41) is 0. The van der Waals surface area contributed by atoms with Crippen LogP contribution in [0.5, 0.6) is 11.5 Å². The topological polar surface area (TPSA) is 30.9 Å². The molecule has 2 fully saturated rings. The maximum absolute atomic E-state index is 14.8. The zero-order chi connectivity index (χ0) is 19.6. The van der Waals surface area contributed by atoms with Gasteiger partial charge in [-0.15, -0.1) is 0 Å². The van der Waals surface area contributed by atoms with Crippen LogP contribution in [0.15, 0.2) is 6.07 Å². The van der Waals surface area contributed by atoms with Crippen LogP contribution in [-0.2, 0) is 11.2 Å². The van der Waals surface area contributed by atoms with E-state index in [9.17, 15) is 4.39 Å². The van der Waals surface area contributed by atoms with Crippen LogP contribution in [0, 0.1) is 5.82 Å². The van der Waals surface area contributed by atoms with Gasteiger partial charge in [0.2, 0.25) is 0 Å². The highest BCUT2D eigenvalue weighted by molar-refractivity contribution is 5.51. The van der Waals surface area contributed by atoms with Crippen LogP contribution in [0.25, 0.3) is 0 Å². The van der Waals surface area contributed by atoms with Crippen LogP contribution >= 0.6 is 0 Å². The van der Waals surface area contributed by atoms with Crippen LogP contribution in [0.2, 0.25) is 0 Å². The number of halogens is 1. The molecule has 2 aliphatic heterocycles. The zero-order valence-electron chi connectivity index (χ0n) is 17.4. The van der Waals surface area contributed by atoms with E-state index >= 15 is 0 Å². The lowest BCUT2D eigenvalue weighted by atomic mass is 9.85. The Labute approximate surface area is 163 Å². The van der Waals surface area contributed by atoms with Gasteiger partial charge in [0.15, 0.2) is 17.3 Å². The Kier molecular flexibility index (Phi) is 6.32. The lowest BCUT2D eigenvalue weighted by Crippen LogP contribution is -2.47. The molecule has 4 nitrogen and oxygen atoms in total. The molecule has 1 aromatic rings. The van der Waals surface area contributed by atoms with Gasteiger partial charge in [0.1, 0.15) is 0 Å².